The number of para-hydroxylation sites is 1. The van der Waals surface area contributed by atoms with E-state index in [0.29, 0.717) is 23.1 Å². The first-order valence-electron chi connectivity index (χ1n) is 7.02. The van der Waals surface area contributed by atoms with Gasteiger partial charge in [0.25, 0.3) is 0 Å². The van der Waals surface area contributed by atoms with Gasteiger partial charge in [-0.1, -0.05) is 47.5 Å². The van der Waals surface area contributed by atoms with E-state index in [1.165, 1.54) is 5.56 Å². The van der Waals surface area contributed by atoms with Crippen molar-refractivity contribution in [1.29, 1.82) is 0 Å². The SMILES string of the molecule is OC(Cc1ccc(Cl)cc1Cl)c1cccc2c1OCCC2. The molecule has 1 atom stereocenters. The van der Waals surface area contributed by atoms with E-state index in [1.54, 1.807) is 12.1 Å². The van der Waals surface area contributed by atoms with Crippen molar-refractivity contribution < 1.29 is 9.84 Å². The van der Waals surface area contributed by atoms with E-state index >= 15 is 0 Å². The zero-order valence-electron chi connectivity index (χ0n) is 11.5. The summed E-state index contributed by atoms with van der Waals surface area (Å²) in [5.74, 6) is 0.835. The Labute approximate surface area is 134 Å². The third-order valence-electron chi connectivity index (χ3n) is 3.75. The highest BCUT2D eigenvalue weighted by atomic mass is 35.5. The molecule has 1 N–H and O–H groups in total. The highest BCUT2D eigenvalue weighted by molar-refractivity contribution is 6.35. The fourth-order valence-corrected chi connectivity index (χ4v) is 3.17. The molecule has 0 radical (unpaired) electrons. The minimum absolute atomic E-state index is 0.440. The average Bonchev–Trinajstić information content (AvgIpc) is 2.49. The minimum Gasteiger partial charge on any atom is -0.493 e. The van der Waals surface area contributed by atoms with Crippen molar-refractivity contribution in [2.24, 2.45) is 0 Å². The van der Waals surface area contributed by atoms with Gasteiger partial charge in [-0.25, -0.2) is 0 Å². The van der Waals surface area contributed by atoms with Crippen LogP contribution in [0, 0.1) is 0 Å². The van der Waals surface area contributed by atoms with Crippen molar-refractivity contribution in [3.05, 3.63) is 63.1 Å². The molecule has 1 heterocycles. The van der Waals surface area contributed by atoms with Gasteiger partial charge in [0.05, 0.1) is 12.7 Å². The predicted octanol–water partition coefficient (Wildman–Crippen LogP) is 4.59. The number of hydrogen-bond acceptors (Lipinski definition) is 2. The highest BCUT2D eigenvalue weighted by Gasteiger charge is 2.20. The van der Waals surface area contributed by atoms with Crippen LogP contribution in [0.25, 0.3) is 0 Å². The molecule has 0 bridgehead atoms. The molecule has 3 rings (SSSR count). The number of rotatable bonds is 3. The zero-order valence-corrected chi connectivity index (χ0v) is 13.0. The van der Waals surface area contributed by atoms with Gasteiger partial charge < -0.3 is 9.84 Å². The second-order valence-electron chi connectivity index (χ2n) is 5.24. The zero-order chi connectivity index (χ0) is 14.8. The van der Waals surface area contributed by atoms with Crippen LogP contribution in [0.1, 0.15) is 29.2 Å². The van der Waals surface area contributed by atoms with Crippen LogP contribution in [0.15, 0.2) is 36.4 Å². The number of hydrogen-bond donors (Lipinski definition) is 1. The van der Waals surface area contributed by atoms with E-state index in [0.717, 1.165) is 29.7 Å². The Balaban J connectivity index is 1.87. The molecule has 1 aliphatic heterocycles. The summed E-state index contributed by atoms with van der Waals surface area (Å²) in [6.07, 6.45) is 1.82. The Morgan fingerprint density at radius 2 is 2.05 bits per heavy atom. The van der Waals surface area contributed by atoms with Gasteiger partial charge in [0, 0.05) is 22.0 Å². The lowest BCUT2D eigenvalue weighted by molar-refractivity contribution is 0.169. The Morgan fingerprint density at radius 3 is 2.86 bits per heavy atom. The molecule has 2 aromatic carbocycles. The van der Waals surface area contributed by atoms with Crippen molar-refractivity contribution in [2.75, 3.05) is 6.61 Å². The maximum Gasteiger partial charge on any atom is 0.128 e. The summed E-state index contributed by atoms with van der Waals surface area (Å²) in [5.41, 5.74) is 2.88. The van der Waals surface area contributed by atoms with E-state index < -0.39 is 6.10 Å². The molecule has 2 aromatic rings. The van der Waals surface area contributed by atoms with Crippen LogP contribution in [0.4, 0.5) is 0 Å². The molecule has 0 aliphatic carbocycles. The van der Waals surface area contributed by atoms with Crippen LogP contribution < -0.4 is 4.74 Å². The van der Waals surface area contributed by atoms with Crippen molar-refractivity contribution in [2.45, 2.75) is 25.4 Å². The first-order chi connectivity index (χ1) is 10.1. The Bertz CT molecular complexity index is 655. The average molecular weight is 323 g/mol. The number of aliphatic hydroxyl groups excluding tert-OH is 1. The van der Waals surface area contributed by atoms with E-state index in [2.05, 4.69) is 6.07 Å². The summed E-state index contributed by atoms with van der Waals surface area (Å²) < 4.78 is 5.75. The molecular weight excluding hydrogens is 307 g/mol. The number of fused-ring (bicyclic) bond motifs is 1. The van der Waals surface area contributed by atoms with Gasteiger partial charge in [-0.2, -0.15) is 0 Å². The van der Waals surface area contributed by atoms with Crippen molar-refractivity contribution >= 4 is 23.2 Å². The quantitative estimate of drug-likeness (QED) is 0.895. The van der Waals surface area contributed by atoms with Gasteiger partial charge >= 0.3 is 0 Å². The third kappa shape index (κ3) is 3.18. The normalized spacial score (nSPS) is 15.2. The molecular formula is C17H16Cl2O2. The summed E-state index contributed by atoms with van der Waals surface area (Å²) in [6.45, 7) is 0.707. The number of halogens is 2. The molecule has 0 spiro atoms. The third-order valence-corrected chi connectivity index (χ3v) is 4.34. The Hall–Kier alpha value is -1.22. The lowest BCUT2D eigenvalue weighted by Gasteiger charge is -2.23. The Kier molecular flexibility index (Phi) is 4.39. The molecule has 0 aromatic heterocycles. The second-order valence-corrected chi connectivity index (χ2v) is 6.09. The second kappa shape index (κ2) is 6.27. The monoisotopic (exact) mass is 322 g/mol. The lowest BCUT2D eigenvalue weighted by Crippen LogP contribution is -2.13. The van der Waals surface area contributed by atoms with Crippen molar-refractivity contribution in [3.8, 4) is 5.75 Å². The molecule has 4 heteroatoms. The molecule has 0 saturated carbocycles. The first kappa shape index (κ1) is 14.7. The largest absolute Gasteiger partial charge is 0.493 e. The smallest absolute Gasteiger partial charge is 0.128 e. The van der Waals surface area contributed by atoms with E-state index in [9.17, 15) is 5.11 Å². The summed E-state index contributed by atoms with van der Waals surface area (Å²) >= 11 is 12.1. The van der Waals surface area contributed by atoms with Gasteiger partial charge in [-0.3, -0.25) is 0 Å². The van der Waals surface area contributed by atoms with Crippen LogP contribution in [-0.4, -0.2) is 11.7 Å². The standard InChI is InChI=1S/C17H16Cl2O2/c18-13-7-6-12(15(19)10-13)9-16(20)14-5-1-3-11-4-2-8-21-17(11)14/h1,3,5-7,10,16,20H,2,4,8-9H2. The van der Waals surface area contributed by atoms with Gasteiger partial charge in [-0.15, -0.1) is 0 Å². The maximum atomic E-state index is 10.6. The van der Waals surface area contributed by atoms with E-state index in [1.807, 2.05) is 18.2 Å². The molecule has 110 valence electrons. The van der Waals surface area contributed by atoms with Gasteiger partial charge in [0.1, 0.15) is 5.75 Å². The number of aliphatic hydroxyl groups is 1. The molecule has 2 nitrogen and oxygen atoms in total. The summed E-state index contributed by atoms with van der Waals surface area (Å²) in [5, 5.41) is 11.7. The predicted molar refractivity (Wildman–Crippen MR) is 85.4 cm³/mol. The minimum atomic E-state index is -0.642. The van der Waals surface area contributed by atoms with Gasteiger partial charge in [0.2, 0.25) is 0 Å². The fraction of sp³-hybridized carbons (Fsp3) is 0.294. The molecule has 21 heavy (non-hydrogen) atoms. The van der Waals surface area contributed by atoms with Crippen LogP contribution >= 0.6 is 23.2 Å². The van der Waals surface area contributed by atoms with Crippen LogP contribution in [0.3, 0.4) is 0 Å². The topological polar surface area (TPSA) is 29.5 Å². The van der Waals surface area contributed by atoms with Crippen molar-refractivity contribution in [1.82, 2.24) is 0 Å². The number of ether oxygens (including phenoxy) is 1. The van der Waals surface area contributed by atoms with Gasteiger partial charge in [0.15, 0.2) is 0 Å². The van der Waals surface area contributed by atoms with Crippen LogP contribution in [0.2, 0.25) is 10.0 Å². The van der Waals surface area contributed by atoms with Gasteiger partial charge in [-0.05, 0) is 36.1 Å². The number of benzene rings is 2. The van der Waals surface area contributed by atoms with Crippen molar-refractivity contribution in [3.63, 3.8) is 0 Å². The summed E-state index contributed by atoms with van der Waals surface area (Å²) in [6, 6.07) is 11.3. The van der Waals surface area contributed by atoms with Crippen LogP contribution in [0.5, 0.6) is 5.75 Å². The Morgan fingerprint density at radius 1 is 1.19 bits per heavy atom. The fourth-order valence-electron chi connectivity index (χ4n) is 2.68. The first-order valence-corrected chi connectivity index (χ1v) is 7.77. The highest BCUT2D eigenvalue weighted by Crippen LogP contribution is 2.35. The van der Waals surface area contributed by atoms with E-state index in [-0.39, 0.29) is 0 Å². The summed E-state index contributed by atoms with van der Waals surface area (Å²) in [4.78, 5) is 0. The lowest BCUT2D eigenvalue weighted by atomic mass is 9.96. The molecule has 1 unspecified atom stereocenters. The summed E-state index contributed by atoms with van der Waals surface area (Å²) in [7, 11) is 0. The maximum absolute atomic E-state index is 10.6. The van der Waals surface area contributed by atoms with E-state index in [4.69, 9.17) is 27.9 Å². The molecule has 0 amide bonds. The molecule has 1 aliphatic rings. The van der Waals surface area contributed by atoms with Crippen LogP contribution in [-0.2, 0) is 12.8 Å². The molecule has 0 saturated heterocycles. The molecule has 0 fully saturated rings. The number of aryl methyl sites for hydroxylation is 1.